The minimum atomic E-state index is -0.509. The van der Waals surface area contributed by atoms with E-state index in [2.05, 4.69) is 243 Å². The van der Waals surface area contributed by atoms with Crippen LogP contribution in [0.1, 0.15) is 34.7 Å². The summed E-state index contributed by atoms with van der Waals surface area (Å²) in [4.78, 5) is 2.42. The average molecular weight is 860 g/mol. The highest BCUT2D eigenvalue weighted by molar-refractivity contribution is 7.27. The third-order valence-electron chi connectivity index (χ3n) is 13.7. The molecule has 1 aliphatic carbocycles. The maximum absolute atomic E-state index is 3.84. The molecule has 312 valence electrons. The molecule has 0 N–H and O–H groups in total. The number of thiophene rings is 1. The molecule has 0 saturated carbocycles. The first kappa shape index (κ1) is 39.5. The molecule has 0 bridgehead atoms. The molecule has 1 aliphatic rings. The Labute approximate surface area is 390 Å². The van der Waals surface area contributed by atoms with Gasteiger partial charge >= 0.3 is 0 Å². The van der Waals surface area contributed by atoms with Crippen molar-refractivity contribution in [1.82, 2.24) is 0 Å². The van der Waals surface area contributed by atoms with Crippen molar-refractivity contribution in [2.75, 3.05) is 4.90 Å². The van der Waals surface area contributed by atoms with Crippen LogP contribution in [0.5, 0.6) is 0 Å². The van der Waals surface area contributed by atoms with Gasteiger partial charge in [-0.2, -0.15) is 0 Å². The summed E-state index contributed by atoms with van der Waals surface area (Å²) in [5.74, 6) is 0. The average Bonchev–Trinajstić information content (AvgIpc) is 3.91. The molecule has 10 aromatic carbocycles. The monoisotopic (exact) mass is 859 g/mol. The van der Waals surface area contributed by atoms with Gasteiger partial charge in [0.25, 0.3) is 0 Å². The highest BCUT2D eigenvalue weighted by Gasteiger charge is 2.46. The van der Waals surface area contributed by atoms with Crippen molar-refractivity contribution in [2.45, 2.75) is 12.3 Å². The first-order chi connectivity index (χ1) is 32.6. The fourth-order valence-electron chi connectivity index (χ4n) is 10.6. The summed E-state index contributed by atoms with van der Waals surface area (Å²) in [6.07, 6.45) is 7.95. The lowest BCUT2D eigenvalue weighted by atomic mass is 9.67. The maximum Gasteiger partial charge on any atom is 0.0714 e. The Balaban J connectivity index is 1.03. The van der Waals surface area contributed by atoms with Crippen LogP contribution in [0.3, 0.4) is 0 Å². The number of rotatable bonds is 9. The molecule has 0 amide bonds. The number of hydrogen-bond acceptors (Lipinski definition) is 2. The van der Waals surface area contributed by atoms with Gasteiger partial charge in [-0.1, -0.05) is 213 Å². The number of anilines is 3. The smallest absolute Gasteiger partial charge is 0.0714 e. The molecule has 0 saturated heterocycles. The summed E-state index contributed by atoms with van der Waals surface area (Å²) in [6.45, 7) is 6.00. The lowest BCUT2D eigenvalue weighted by Gasteiger charge is -2.35. The van der Waals surface area contributed by atoms with Crippen LogP contribution in [-0.4, -0.2) is 0 Å². The van der Waals surface area contributed by atoms with Crippen molar-refractivity contribution in [1.29, 1.82) is 0 Å². The van der Waals surface area contributed by atoms with E-state index in [0.29, 0.717) is 0 Å². The fraction of sp³-hybridized carbons (Fsp3) is 0.0312. The Bertz CT molecular complexity index is 3670. The van der Waals surface area contributed by atoms with Crippen LogP contribution in [0.2, 0.25) is 0 Å². The van der Waals surface area contributed by atoms with Gasteiger partial charge in [0.05, 0.1) is 5.41 Å². The highest BCUT2D eigenvalue weighted by atomic mass is 32.1. The molecule has 1 aromatic heterocycles. The SMILES string of the molecule is C=C/C=C\C=C(/C)c1ccc(N(c2ccc(-c3cccc4c3sc3c4ccc4ccc5ccccc5c43)cc2)c2ccc3c(c2)C(c2ccccc2)(c2ccccc2)c2ccccc2-3)cc1. The fourth-order valence-corrected chi connectivity index (χ4v) is 12.0. The Morgan fingerprint density at radius 2 is 1.06 bits per heavy atom. The second-order valence-electron chi connectivity index (χ2n) is 17.3. The summed E-state index contributed by atoms with van der Waals surface area (Å²) < 4.78 is 2.66. The summed E-state index contributed by atoms with van der Waals surface area (Å²) in [7, 11) is 0. The molecule has 0 fully saturated rings. The largest absolute Gasteiger partial charge is 0.310 e. The molecule has 2 heteroatoms. The molecule has 0 unspecified atom stereocenters. The zero-order valence-corrected chi connectivity index (χ0v) is 37.5. The van der Waals surface area contributed by atoms with Crippen molar-refractivity contribution < 1.29 is 0 Å². The zero-order chi connectivity index (χ0) is 44.2. The Kier molecular flexibility index (Phi) is 9.70. The van der Waals surface area contributed by atoms with E-state index in [-0.39, 0.29) is 0 Å². The first-order valence-corrected chi connectivity index (χ1v) is 23.5. The van der Waals surface area contributed by atoms with E-state index in [9.17, 15) is 0 Å². The van der Waals surface area contributed by atoms with Gasteiger partial charge in [0.15, 0.2) is 0 Å². The standard InChI is InChI=1S/C64H45NS/c1-3-4-7-17-43(2)44-30-35-50(36-31-44)65(52-39-41-56-55-24-14-15-27-59(55)64(60(56)42-52,48-19-8-5-9-20-48)49-21-10-6-11-22-49)51-37-32-46(33-38-51)54-25-16-26-57-58-40-34-47-29-28-45-18-12-13-23-53(45)61(47)63(58)66-62(54)57/h3-42H,1H2,2H3/b7-4-,43-17+. The van der Waals surface area contributed by atoms with Crippen LogP contribution in [-0.2, 0) is 5.41 Å². The first-order valence-electron chi connectivity index (χ1n) is 22.7. The molecule has 1 nitrogen and oxygen atoms in total. The van der Waals surface area contributed by atoms with E-state index in [0.717, 1.165) is 17.1 Å². The van der Waals surface area contributed by atoms with Gasteiger partial charge in [-0.15, -0.1) is 11.3 Å². The lowest BCUT2D eigenvalue weighted by molar-refractivity contribution is 0.768. The van der Waals surface area contributed by atoms with Crippen molar-refractivity contribution in [3.05, 3.63) is 277 Å². The predicted molar refractivity (Wildman–Crippen MR) is 285 cm³/mol. The van der Waals surface area contributed by atoms with Crippen LogP contribution in [0, 0.1) is 0 Å². The lowest BCUT2D eigenvalue weighted by Crippen LogP contribution is -2.28. The Morgan fingerprint density at radius 1 is 0.470 bits per heavy atom. The van der Waals surface area contributed by atoms with E-state index in [1.165, 1.54) is 97.4 Å². The molecule has 12 rings (SSSR count). The minimum absolute atomic E-state index is 0.509. The summed E-state index contributed by atoms with van der Waals surface area (Å²) >= 11 is 1.92. The molecule has 0 spiro atoms. The number of benzene rings is 10. The van der Waals surface area contributed by atoms with E-state index in [1.54, 1.807) is 0 Å². The van der Waals surface area contributed by atoms with Gasteiger partial charge in [-0.25, -0.2) is 0 Å². The van der Waals surface area contributed by atoms with Gasteiger partial charge < -0.3 is 4.90 Å². The summed E-state index contributed by atoms with van der Waals surface area (Å²) in [6, 6.07) is 81.1. The molecule has 0 atom stereocenters. The van der Waals surface area contributed by atoms with Crippen LogP contribution in [0.15, 0.2) is 249 Å². The number of nitrogens with zero attached hydrogens (tertiary/aromatic N) is 1. The van der Waals surface area contributed by atoms with Gasteiger partial charge in [-0.05, 0) is 115 Å². The predicted octanol–water partition coefficient (Wildman–Crippen LogP) is 18.0. The second-order valence-corrected chi connectivity index (χ2v) is 18.3. The number of fused-ring (bicyclic) bond motifs is 10. The molecule has 0 aliphatic heterocycles. The van der Waals surface area contributed by atoms with Gasteiger partial charge in [0.1, 0.15) is 0 Å². The molecule has 11 aromatic rings. The quantitative estimate of drug-likeness (QED) is 0.103. The van der Waals surface area contributed by atoms with Gasteiger partial charge in [0.2, 0.25) is 0 Å². The van der Waals surface area contributed by atoms with Crippen LogP contribution in [0.25, 0.3) is 69.5 Å². The zero-order valence-electron chi connectivity index (χ0n) is 36.7. The van der Waals surface area contributed by atoms with Crippen molar-refractivity contribution in [3.8, 4) is 22.3 Å². The number of allylic oxidation sites excluding steroid dienone is 5. The second kappa shape index (κ2) is 16.2. The maximum atomic E-state index is 3.84. The third-order valence-corrected chi connectivity index (χ3v) is 15.0. The molecule has 66 heavy (non-hydrogen) atoms. The summed E-state index contributed by atoms with van der Waals surface area (Å²) in [5.41, 5.74) is 15.2. The van der Waals surface area contributed by atoms with Crippen molar-refractivity contribution >= 4 is 75.7 Å². The molecular formula is C64H45NS. The van der Waals surface area contributed by atoms with E-state index in [4.69, 9.17) is 0 Å². The Hall–Kier alpha value is -8.04. The normalized spacial score (nSPS) is 13.1. The van der Waals surface area contributed by atoms with Crippen molar-refractivity contribution in [2.24, 2.45) is 0 Å². The van der Waals surface area contributed by atoms with E-state index >= 15 is 0 Å². The third kappa shape index (κ3) is 6.29. The van der Waals surface area contributed by atoms with E-state index < -0.39 is 5.41 Å². The number of hydrogen-bond donors (Lipinski definition) is 0. The molecule has 0 radical (unpaired) electrons. The van der Waals surface area contributed by atoms with Crippen LogP contribution >= 0.6 is 11.3 Å². The minimum Gasteiger partial charge on any atom is -0.310 e. The van der Waals surface area contributed by atoms with Crippen LogP contribution in [0.4, 0.5) is 17.1 Å². The van der Waals surface area contributed by atoms with Gasteiger partial charge in [0, 0.05) is 42.6 Å². The Morgan fingerprint density at radius 3 is 1.82 bits per heavy atom. The van der Waals surface area contributed by atoms with Crippen molar-refractivity contribution in [3.63, 3.8) is 0 Å². The van der Waals surface area contributed by atoms with E-state index in [1.807, 2.05) is 29.6 Å². The molecular weight excluding hydrogens is 815 g/mol. The van der Waals surface area contributed by atoms with Gasteiger partial charge in [-0.3, -0.25) is 0 Å². The highest BCUT2D eigenvalue weighted by Crippen LogP contribution is 2.57. The molecule has 1 heterocycles. The van der Waals surface area contributed by atoms with Crippen LogP contribution < -0.4 is 4.90 Å². The topological polar surface area (TPSA) is 3.24 Å². The summed E-state index contributed by atoms with van der Waals surface area (Å²) in [5, 5.41) is 7.82.